The fourth-order valence-electron chi connectivity index (χ4n) is 1.79. The molecule has 1 amide bonds. The van der Waals surface area contributed by atoms with E-state index in [1.165, 1.54) is 0 Å². The number of thioether (sulfide) groups is 1. The third-order valence-corrected chi connectivity index (χ3v) is 3.68. The predicted octanol–water partition coefficient (Wildman–Crippen LogP) is 1.77. The zero-order chi connectivity index (χ0) is 11.5. The van der Waals surface area contributed by atoms with Crippen LogP contribution in [0.3, 0.4) is 0 Å². The molecule has 2 N–H and O–H groups in total. The Labute approximate surface area is 100.0 Å². The quantitative estimate of drug-likeness (QED) is 0.756. The van der Waals surface area contributed by atoms with Gasteiger partial charge in [-0.05, 0) is 19.1 Å². The van der Waals surface area contributed by atoms with Crippen LogP contribution in [0.1, 0.15) is 15.9 Å². The Balaban J connectivity index is 2.22. The summed E-state index contributed by atoms with van der Waals surface area (Å²) in [5.41, 5.74) is 8.14. The van der Waals surface area contributed by atoms with Gasteiger partial charge in [-0.3, -0.25) is 4.79 Å². The number of nitrogens with zero attached hydrogens (tertiary/aromatic N) is 1. The number of benzene rings is 1. The van der Waals surface area contributed by atoms with E-state index in [1.807, 2.05) is 35.7 Å². The molecule has 0 radical (unpaired) electrons. The number of nitrogens with two attached hydrogens (primary N) is 1. The van der Waals surface area contributed by atoms with Crippen LogP contribution < -0.4 is 5.73 Å². The molecule has 0 bridgehead atoms. The van der Waals surface area contributed by atoms with Gasteiger partial charge in [-0.2, -0.15) is 11.8 Å². The fourth-order valence-corrected chi connectivity index (χ4v) is 2.70. The molecule has 0 saturated carbocycles. The molecule has 1 aromatic rings. The molecule has 86 valence electrons. The Morgan fingerprint density at radius 2 is 2.06 bits per heavy atom. The van der Waals surface area contributed by atoms with Crippen LogP contribution in [0.5, 0.6) is 0 Å². The summed E-state index contributed by atoms with van der Waals surface area (Å²) in [5, 5.41) is 0. The Kier molecular flexibility index (Phi) is 3.39. The van der Waals surface area contributed by atoms with E-state index >= 15 is 0 Å². The Morgan fingerprint density at radius 1 is 1.38 bits per heavy atom. The molecule has 0 aromatic heterocycles. The number of rotatable bonds is 1. The van der Waals surface area contributed by atoms with E-state index in [1.54, 1.807) is 6.07 Å². The first-order chi connectivity index (χ1) is 7.68. The van der Waals surface area contributed by atoms with E-state index < -0.39 is 0 Å². The van der Waals surface area contributed by atoms with Crippen molar-refractivity contribution in [3.63, 3.8) is 0 Å². The molecule has 0 spiro atoms. The Morgan fingerprint density at radius 3 is 2.75 bits per heavy atom. The zero-order valence-electron chi connectivity index (χ0n) is 9.40. The minimum Gasteiger partial charge on any atom is -0.398 e. The van der Waals surface area contributed by atoms with Crippen LogP contribution in [0, 0.1) is 6.92 Å². The van der Waals surface area contributed by atoms with Gasteiger partial charge in [0, 0.05) is 30.3 Å². The SMILES string of the molecule is Cc1ccc(N)c(C(=O)N2CCSCC2)c1. The van der Waals surface area contributed by atoms with E-state index in [0.717, 1.165) is 30.2 Å². The normalized spacial score (nSPS) is 16.2. The van der Waals surface area contributed by atoms with Gasteiger partial charge in [-0.25, -0.2) is 0 Å². The van der Waals surface area contributed by atoms with Gasteiger partial charge in [0.05, 0.1) is 5.56 Å². The smallest absolute Gasteiger partial charge is 0.256 e. The van der Waals surface area contributed by atoms with Crippen molar-refractivity contribution in [3.8, 4) is 0 Å². The van der Waals surface area contributed by atoms with Crippen molar-refractivity contribution in [1.82, 2.24) is 4.90 Å². The van der Waals surface area contributed by atoms with Gasteiger partial charge in [0.15, 0.2) is 0 Å². The number of hydrogen-bond acceptors (Lipinski definition) is 3. The molecular weight excluding hydrogens is 220 g/mol. The molecule has 4 heteroatoms. The standard InChI is InChI=1S/C12H16N2OS/c1-9-2-3-11(13)10(8-9)12(15)14-4-6-16-7-5-14/h2-3,8H,4-7,13H2,1H3. The van der Waals surface area contributed by atoms with Crippen molar-refractivity contribution >= 4 is 23.4 Å². The summed E-state index contributed by atoms with van der Waals surface area (Å²) >= 11 is 1.89. The number of anilines is 1. The monoisotopic (exact) mass is 236 g/mol. The van der Waals surface area contributed by atoms with Crippen molar-refractivity contribution in [1.29, 1.82) is 0 Å². The van der Waals surface area contributed by atoms with Gasteiger partial charge in [0.2, 0.25) is 0 Å². The molecule has 0 atom stereocenters. The molecule has 1 saturated heterocycles. The van der Waals surface area contributed by atoms with E-state index in [9.17, 15) is 4.79 Å². The minimum atomic E-state index is 0.0708. The van der Waals surface area contributed by atoms with Crippen LogP contribution in [0.2, 0.25) is 0 Å². The third kappa shape index (κ3) is 2.32. The molecule has 1 aliphatic rings. The zero-order valence-corrected chi connectivity index (χ0v) is 10.2. The Bertz CT molecular complexity index is 400. The van der Waals surface area contributed by atoms with E-state index in [0.29, 0.717) is 11.3 Å². The van der Waals surface area contributed by atoms with Crippen molar-refractivity contribution in [3.05, 3.63) is 29.3 Å². The molecular formula is C12H16N2OS. The van der Waals surface area contributed by atoms with Gasteiger partial charge < -0.3 is 10.6 Å². The van der Waals surface area contributed by atoms with Gasteiger partial charge in [0.1, 0.15) is 0 Å². The lowest BCUT2D eigenvalue weighted by molar-refractivity contribution is 0.0773. The summed E-state index contributed by atoms with van der Waals surface area (Å²) in [6.45, 7) is 3.63. The van der Waals surface area contributed by atoms with Crippen LogP contribution in [-0.4, -0.2) is 35.4 Å². The van der Waals surface area contributed by atoms with Crippen molar-refractivity contribution in [2.45, 2.75) is 6.92 Å². The first kappa shape index (κ1) is 11.3. The first-order valence-corrected chi connectivity index (χ1v) is 6.57. The average molecular weight is 236 g/mol. The lowest BCUT2D eigenvalue weighted by Crippen LogP contribution is -2.38. The molecule has 16 heavy (non-hydrogen) atoms. The lowest BCUT2D eigenvalue weighted by Gasteiger charge is -2.27. The summed E-state index contributed by atoms with van der Waals surface area (Å²) in [7, 11) is 0. The number of nitrogen functional groups attached to an aromatic ring is 1. The van der Waals surface area contributed by atoms with E-state index in [-0.39, 0.29) is 5.91 Å². The molecule has 0 aliphatic carbocycles. The second kappa shape index (κ2) is 4.78. The fraction of sp³-hybridized carbons (Fsp3) is 0.417. The number of aryl methyl sites for hydroxylation is 1. The highest BCUT2D eigenvalue weighted by Gasteiger charge is 2.20. The summed E-state index contributed by atoms with van der Waals surface area (Å²) in [5.74, 6) is 2.12. The van der Waals surface area contributed by atoms with E-state index in [2.05, 4.69) is 0 Å². The van der Waals surface area contributed by atoms with Gasteiger partial charge in [-0.1, -0.05) is 11.6 Å². The van der Waals surface area contributed by atoms with Gasteiger partial charge in [-0.15, -0.1) is 0 Å². The van der Waals surface area contributed by atoms with Gasteiger partial charge in [0.25, 0.3) is 5.91 Å². The minimum absolute atomic E-state index is 0.0708. The van der Waals surface area contributed by atoms with Crippen LogP contribution in [0.4, 0.5) is 5.69 Å². The first-order valence-electron chi connectivity index (χ1n) is 5.41. The summed E-state index contributed by atoms with van der Waals surface area (Å²) in [4.78, 5) is 14.1. The highest BCUT2D eigenvalue weighted by atomic mass is 32.2. The Hall–Kier alpha value is -1.16. The molecule has 0 unspecified atom stereocenters. The van der Waals surface area contributed by atoms with Gasteiger partial charge >= 0.3 is 0 Å². The molecule has 1 aromatic carbocycles. The van der Waals surface area contributed by atoms with Crippen LogP contribution in [-0.2, 0) is 0 Å². The number of amides is 1. The number of carbonyl (C=O) groups excluding carboxylic acids is 1. The largest absolute Gasteiger partial charge is 0.398 e. The number of hydrogen-bond donors (Lipinski definition) is 1. The second-order valence-corrected chi connectivity index (χ2v) is 5.22. The molecule has 1 fully saturated rings. The molecule has 1 heterocycles. The third-order valence-electron chi connectivity index (χ3n) is 2.74. The highest BCUT2D eigenvalue weighted by molar-refractivity contribution is 7.99. The lowest BCUT2D eigenvalue weighted by atomic mass is 10.1. The summed E-state index contributed by atoms with van der Waals surface area (Å²) in [6, 6.07) is 5.61. The molecule has 2 rings (SSSR count). The average Bonchev–Trinajstić information content (AvgIpc) is 2.32. The van der Waals surface area contributed by atoms with Crippen LogP contribution in [0.15, 0.2) is 18.2 Å². The maximum Gasteiger partial charge on any atom is 0.256 e. The molecule has 3 nitrogen and oxygen atoms in total. The highest BCUT2D eigenvalue weighted by Crippen LogP contribution is 2.18. The summed E-state index contributed by atoms with van der Waals surface area (Å²) in [6.07, 6.45) is 0. The van der Waals surface area contributed by atoms with Crippen molar-refractivity contribution in [2.75, 3.05) is 30.3 Å². The molecule has 1 aliphatic heterocycles. The van der Waals surface area contributed by atoms with E-state index in [4.69, 9.17) is 5.73 Å². The summed E-state index contributed by atoms with van der Waals surface area (Å²) < 4.78 is 0. The van der Waals surface area contributed by atoms with Crippen LogP contribution in [0.25, 0.3) is 0 Å². The van der Waals surface area contributed by atoms with Crippen LogP contribution >= 0.6 is 11.8 Å². The topological polar surface area (TPSA) is 46.3 Å². The number of carbonyl (C=O) groups is 1. The predicted molar refractivity (Wildman–Crippen MR) is 68.8 cm³/mol. The second-order valence-electron chi connectivity index (χ2n) is 4.00. The van der Waals surface area contributed by atoms with Crippen molar-refractivity contribution in [2.24, 2.45) is 0 Å². The maximum atomic E-state index is 12.2. The van der Waals surface area contributed by atoms with Crippen molar-refractivity contribution < 1.29 is 4.79 Å². The maximum absolute atomic E-state index is 12.2.